The number of nitrogens with zero attached hydrogens (tertiary/aromatic N) is 1. The topological polar surface area (TPSA) is 67.2 Å². The molecule has 7 heteroatoms. The Morgan fingerprint density at radius 1 is 1.13 bits per heavy atom. The number of aliphatic hydroxyl groups is 1. The van der Waals surface area contributed by atoms with Gasteiger partial charge in [0.15, 0.2) is 0 Å². The molecule has 1 saturated heterocycles. The average Bonchev–Trinajstić information content (AvgIpc) is 3.24. The van der Waals surface area contributed by atoms with Crippen molar-refractivity contribution in [3.8, 4) is 5.69 Å². The number of hydrogen-bond acceptors (Lipinski definition) is 3. The molecule has 0 bridgehead atoms. The highest BCUT2D eigenvalue weighted by molar-refractivity contribution is 6.72. The molecular formula is C24H31FN2O3Si. The lowest BCUT2D eigenvalue weighted by Crippen LogP contribution is -2.36. The van der Waals surface area contributed by atoms with Gasteiger partial charge in [-0.2, -0.15) is 0 Å². The number of ether oxygens (including phenoxy) is 1. The first-order chi connectivity index (χ1) is 14.8. The van der Waals surface area contributed by atoms with Crippen molar-refractivity contribution in [2.45, 2.75) is 57.0 Å². The van der Waals surface area contributed by atoms with Gasteiger partial charge in [-0.15, -0.1) is 0 Å². The third kappa shape index (κ3) is 4.40. The quantitative estimate of drug-likeness (QED) is 0.416. The van der Waals surface area contributed by atoms with Crippen molar-refractivity contribution in [1.29, 1.82) is 0 Å². The Morgan fingerprint density at radius 3 is 2.61 bits per heavy atom. The van der Waals surface area contributed by atoms with Crippen LogP contribution in [0.15, 0.2) is 53.3 Å². The Bertz CT molecular complexity index is 1100. The van der Waals surface area contributed by atoms with Crippen LogP contribution < -0.4 is 5.56 Å². The zero-order valence-corrected chi connectivity index (χ0v) is 19.3. The highest BCUT2D eigenvalue weighted by Gasteiger charge is 2.50. The Morgan fingerprint density at radius 2 is 1.90 bits per heavy atom. The molecule has 1 aliphatic heterocycles. The summed E-state index contributed by atoms with van der Waals surface area (Å²) in [7, 11) is -2.89. The summed E-state index contributed by atoms with van der Waals surface area (Å²) in [5.74, 6) is 0.128. The van der Waals surface area contributed by atoms with Crippen molar-refractivity contribution >= 4 is 19.3 Å². The van der Waals surface area contributed by atoms with Gasteiger partial charge in [0.2, 0.25) is 8.41 Å². The molecule has 4 atom stereocenters. The molecule has 0 unspecified atom stereocenters. The Kier molecular flexibility index (Phi) is 6.19. The fourth-order valence-electron chi connectivity index (χ4n) is 5.18. The molecule has 0 aliphatic carbocycles. The van der Waals surface area contributed by atoms with Crippen molar-refractivity contribution in [3.63, 3.8) is 0 Å². The molecule has 166 valence electrons. The molecule has 5 nitrogen and oxygen atoms in total. The number of hydrogen-bond donors (Lipinski definition) is 2. The third-order valence-electron chi connectivity index (χ3n) is 6.59. The molecule has 0 amide bonds. The summed E-state index contributed by atoms with van der Waals surface area (Å²) in [6.45, 7) is 5.59. The van der Waals surface area contributed by atoms with E-state index in [0.717, 1.165) is 29.6 Å². The molecular weight excluding hydrogens is 411 g/mol. The van der Waals surface area contributed by atoms with Gasteiger partial charge in [0, 0.05) is 12.1 Å². The fourth-order valence-corrected chi connectivity index (χ4v) is 7.77. The van der Waals surface area contributed by atoms with E-state index in [1.165, 1.54) is 0 Å². The van der Waals surface area contributed by atoms with E-state index in [1.807, 2.05) is 48.5 Å². The van der Waals surface area contributed by atoms with E-state index in [4.69, 9.17) is 4.74 Å². The van der Waals surface area contributed by atoms with E-state index < -0.39 is 8.41 Å². The van der Waals surface area contributed by atoms with E-state index in [9.17, 15) is 14.0 Å². The number of para-hydroxylation sites is 1. The Balaban J connectivity index is 1.51. The van der Waals surface area contributed by atoms with Crippen LogP contribution in [0.25, 0.3) is 16.6 Å². The van der Waals surface area contributed by atoms with Gasteiger partial charge in [-0.3, -0.25) is 9.89 Å². The number of aromatic nitrogens is 2. The highest BCUT2D eigenvalue weighted by Crippen LogP contribution is 2.46. The first-order valence-corrected chi connectivity index (χ1v) is 14.0. The lowest BCUT2D eigenvalue weighted by molar-refractivity contribution is 0.0193. The fraction of sp³-hybridized carbons (Fsp3) is 0.458. The molecule has 4 rings (SSSR count). The smallest absolute Gasteiger partial charge is 0.279 e. The number of fused-ring (bicyclic) bond motifs is 1. The molecule has 1 aromatic heterocycles. The van der Waals surface area contributed by atoms with Crippen LogP contribution in [0.3, 0.4) is 0 Å². The SMILES string of the molecule is C[C@H]1[C@H]([Si](C)(C)F)[C@@H](CCO)O[C@H]1CCc1cccc(-n2[nH]c3ccccc3c2=O)c1. The first-order valence-electron chi connectivity index (χ1n) is 11.0. The lowest BCUT2D eigenvalue weighted by Gasteiger charge is -2.28. The van der Waals surface area contributed by atoms with Crippen molar-refractivity contribution in [2.24, 2.45) is 5.92 Å². The van der Waals surface area contributed by atoms with Gasteiger partial charge in [0.05, 0.1) is 28.8 Å². The van der Waals surface area contributed by atoms with Crippen molar-refractivity contribution in [3.05, 3.63) is 64.4 Å². The van der Waals surface area contributed by atoms with Crippen LogP contribution in [0, 0.1) is 5.92 Å². The van der Waals surface area contributed by atoms with Gasteiger partial charge in [0.25, 0.3) is 5.56 Å². The summed E-state index contributed by atoms with van der Waals surface area (Å²) >= 11 is 0. The maximum Gasteiger partial charge on any atom is 0.279 e. The van der Waals surface area contributed by atoms with Gasteiger partial charge in [-0.25, -0.2) is 4.68 Å². The van der Waals surface area contributed by atoms with Crippen molar-refractivity contribution in [2.75, 3.05) is 6.61 Å². The molecule has 3 aromatic rings. The minimum absolute atomic E-state index is 0.0202. The number of aliphatic hydroxyl groups excluding tert-OH is 1. The van der Waals surface area contributed by atoms with Crippen LogP contribution in [-0.4, -0.2) is 42.1 Å². The zero-order valence-electron chi connectivity index (χ0n) is 18.3. The minimum atomic E-state index is -2.89. The van der Waals surface area contributed by atoms with E-state index in [1.54, 1.807) is 17.8 Å². The molecule has 2 N–H and O–H groups in total. The van der Waals surface area contributed by atoms with Crippen LogP contribution in [0.2, 0.25) is 18.6 Å². The molecule has 0 radical (unpaired) electrons. The number of nitrogens with one attached hydrogen (secondary N) is 1. The average molecular weight is 443 g/mol. The standard InChI is InChI=1S/C24H31FN2O3Si/c1-16-21(30-22(13-14-28)23(16)31(2,3)25)12-11-17-7-6-8-18(15-17)27-24(29)19-9-4-5-10-20(19)26-27/h4-10,15-16,21-23,26,28H,11-14H2,1-3H3/t16-,21+,22-,23+/m1/s1. The maximum atomic E-state index is 15.0. The second-order valence-corrected chi connectivity index (χ2v) is 13.0. The minimum Gasteiger partial charge on any atom is -0.396 e. The number of aromatic amines is 1. The third-order valence-corrected chi connectivity index (χ3v) is 9.07. The van der Waals surface area contributed by atoms with Crippen LogP contribution in [0.5, 0.6) is 0 Å². The summed E-state index contributed by atoms with van der Waals surface area (Å²) in [4.78, 5) is 12.7. The van der Waals surface area contributed by atoms with Crippen LogP contribution in [0.4, 0.5) is 4.11 Å². The lowest BCUT2D eigenvalue weighted by atomic mass is 9.95. The first kappa shape index (κ1) is 22.0. The Labute approximate surface area is 183 Å². The van der Waals surface area contributed by atoms with Crippen molar-refractivity contribution in [1.82, 2.24) is 9.78 Å². The summed E-state index contributed by atoms with van der Waals surface area (Å²) in [5, 5.41) is 13.2. The van der Waals surface area contributed by atoms with Crippen molar-refractivity contribution < 1.29 is 14.0 Å². The molecule has 2 aromatic carbocycles. The molecule has 2 heterocycles. The summed E-state index contributed by atoms with van der Waals surface area (Å²) in [5.41, 5.74) is 2.56. The van der Waals surface area contributed by atoms with Crippen LogP contribution >= 0.6 is 0 Å². The Hall–Kier alpha value is -2.22. The highest BCUT2D eigenvalue weighted by atomic mass is 28.4. The molecule has 1 fully saturated rings. The monoisotopic (exact) mass is 442 g/mol. The molecule has 0 spiro atoms. The number of aryl methyl sites for hydroxylation is 1. The largest absolute Gasteiger partial charge is 0.396 e. The zero-order chi connectivity index (χ0) is 22.2. The van der Waals surface area contributed by atoms with Gasteiger partial charge >= 0.3 is 0 Å². The number of halogens is 1. The number of benzene rings is 2. The summed E-state index contributed by atoms with van der Waals surface area (Å²) in [6, 6.07) is 15.4. The normalized spacial score (nSPS) is 24.2. The van der Waals surface area contributed by atoms with E-state index in [0.29, 0.717) is 11.8 Å². The summed E-state index contributed by atoms with van der Waals surface area (Å²) < 4.78 is 22.8. The van der Waals surface area contributed by atoms with Gasteiger partial charge in [-0.05, 0) is 68.1 Å². The number of rotatable bonds is 7. The van der Waals surface area contributed by atoms with Gasteiger partial charge in [-0.1, -0.05) is 31.2 Å². The molecule has 31 heavy (non-hydrogen) atoms. The summed E-state index contributed by atoms with van der Waals surface area (Å²) in [6.07, 6.45) is 1.83. The maximum absolute atomic E-state index is 15.0. The van der Waals surface area contributed by atoms with Gasteiger partial charge in [0.1, 0.15) is 0 Å². The van der Waals surface area contributed by atoms with Crippen LogP contribution in [0.1, 0.15) is 25.3 Å². The molecule has 1 aliphatic rings. The predicted octanol–water partition coefficient (Wildman–Crippen LogP) is 4.58. The van der Waals surface area contributed by atoms with E-state index >= 15 is 0 Å². The van der Waals surface area contributed by atoms with Gasteiger partial charge < -0.3 is 14.0 Å². The van der Waals surface area contributed by atoms with Crippen LogP contribution in [-0.2, 0) is 11.2 Å². The second kappa shape index (κ2) is 8.73. The second-order valence-electron chi connectivity index (χ2n) is 9.18. The molecule has 0 saturated carbocycles. The van der Waals surface area contributed by atoms with E-state index in [2.05, 4.69) is 12.0 Å². The van der Waals surface area contributed by atoms with E-state index in [-0.39, 0.29) is 35.8 Å². The predicted molar refractivity (Wildman–Crippen MR) is 124 cm³/mol. The number of H-pyrrole nitrogens is 1.